The first-order valence-electron chi connectivity index (χ1n) is 12.3. The first-order chi connectivity index (χ1) is 14.2. The summed E-state index contributed by atoms with van der Waals surface area (Å²) in [6, 6.07) is 0. The molecule has 4 fully saturated rings. The van der Waals surface area contributed by atoms with Gasteiger partial charge in [-0.3, -0.25) is 0 Å². The highest BCUT2D eigenvalue weighted by molar-refractivity contribution is 4.98. The van der Waals surface area contributed by atoms with E-state index in [9.17, 15) is 0 Å². The summed E-state index contributed by atoms with van der Waals surface area (Å²) in [5.74, 6) is 4.56. The summed E-state index contributed by atoms with van der Waals surface area (Å²) >= 11 is 0. The molecule has 0 amide bonds. The van der Waals surface area contributed by atoms with Crippen molar-refractivity contribution in [3.8, 4) is 0 Å². The zero-order chi connectivity index (χ0) is 20.4. The lowest BCUT2D eigenvalue weighted by atomic mass is 9.57. The Hall–Kier alpha value is -0.160. The quantitative estimate of drug-likeness (QED) is 0.613. The third-order valence-corrected chi connectivity index (χ3v) is 9.52. The largest absolute Gasteiger partial charge is 0.381 e. The molecule has 168 valence electrons. The summed E-state index contributed by atoms with van der Waals surface area (Å²) in [5, 5.41) is 0. The summed E-state index contributed by atoms with van der Waals surface area (Å²) in [6.07, 6.45) is 15.7. The smallest absolute Gasteiger partial charge is 0.0602 e. The molecule has 0 N–H and O–H groups in total. The van der Waals surface area contributed by atoms with Gasteiger partial charge in [0.25, 0.3) is 0 Å². The van der Waals surface area contributed by atoms with Crippen molar-refractivity contribution in [3.05, 3.63) is 0 Å². The third kappa shape index (κ3) is 4.56. The van der Waals surface area contributed by atoms with E-state index in [4.69, 9.17) is 18.9 Å². The van der Waals surface area contributed by atoms with Gasteiger partial charge in [-0.1, -0.05) is 0 Å². The molecule has 4 saturated carbocycles. The average molecular weight is 409 g/mol. The van der Waals surface area contributed by atoms with Crippen molar-refractivity contribution in [2.45, 2.75) is 95.0 Å². The van der Waals surface area contributed by atoms with Crippen LogP contribution in [-0.2, 0) is 18.9 Å². The van der Waals surface area contributed by atoms with E-state index >= 15 is 0 Å². The standard InChI is InChI=1S/C25H44O4/c1-26-18-9-5-16-7-11-24(28-3)22(20(16)13-18)15-23-21-14-19(27-2)10-6-17(21)8-12-25(23)29-4/h16-25H,5-15H2,1-4H3. The Morgan fingerprint density at radius 1 is 0.517 bits per heavy atom. The van der Waals surface area contributed by atoms with E-state index in [1.807, 2.05) is 28.4 Å². The van der Waals surface area contributed by atoms with Crippen LogP contribution in [-0.4, -0.2) is 52.9 Å². The van der Waals surface area contributed by atoms with Crippen LogP contribution >= 0.6 is 0 Å². The molecular formula is C25H44O4. The molecule has 0 aromatic carbocycles. The maximum absolute atomic E-state index is 6.10. The first kappa shape index (κ1) is 22.0. The van der Waals surface area contributed by atoms with E-state index in [0.717, 1.165) is 23.7 Å². The molecule has 4 heteroatoms. The zero-order valence-electron chi connectivity index (χ0n) is 19.2. The van der Waals surface area contributed by atoms with Crippen LogP contribution in [0.15, 0.2) is 0 Å². The number of hydrogen-bond acceptors (Lipinski definition) is 4. The number of hydrogen-bond donors (Lipinski definition) is 0. The van der Waals surface area contributed by atoms with E-state index in [0.29, 0.717) is 36.3 Å². The van der Waals surface area contributed by atoms with Gasteiger partial charge in [-0.05, 0) is 106 Å². The van der Waals surface area contributed by atoms with Gasteiger partial charge in [0.1, 0.15) is 0 Å². The first-order valence-corrected chi connectivity index (χ1v) is 12.3. The van der Waals surface area contributed by atoms with Crippen LogP contribution in [0.4, 0.5) is 0 Å². The number of rotatable bonds is 6. The van der Waals surface area contributed by atoms with Crippen molar-refractivity contribution in [2.24, 2.45) is 35.5 Å². The van der Waals surface area contributed by atoms with E-state index in [2.05, 4.69) is 0 Å². The minimum atomic E-state index is 0.409. The Bertz CT molecular complexity index is 463. The van der Waals surface area contributed by atoms with Crippen molar-refractivity contribution >= 4 is 0 Å². The van der Waals surface area contributed by atoms with Crippen molar-refractivity contribution in [2.75, 3.05) is 28.4 Å². The maximum atomic E-state index is 6.10. The fourth-order valence-electron chi connectivity index (χ4n) is 7.94. The molecule has 4 nitrogen and oxygen atoms in total. The molecule has 0 saturated heterocycles. The van der Waals surface area contributed by atoms with E-state index in [1.165, 1.54) is 70.6 Å². The molecule has 4 aliphatic rings. The normalized spacial score (nSPS) is 48.0. The van der Waals surface area contributed by atoms with Crippen LogP contribution in [0.3, 0.4) is 0 Å². The van der Waals surface area contributed by atoms with Gasteiger partial charge >= 0.3 is 0 Å². The van der Waals surface area contributed by atoms with E-state index < -0.39 is 0 Å². The predicted octanol–water partition coefficient (Wildman–Crippen LogP) is 5.09. The summed E-state index contributed by atoms with van der Waals surface area (Å²) < 4.78 is 23.9. The molecule has 0 spiro atoms. The molecule has 4 rings (SSSR count). The molecule has 10 atom stereocenters. The zero-order valence-corrected chi connectivity index (χ0v) is 19.2. The molecule has 0 bridgehead atoms. The predicted molar refractivity (Wildman–Crippen MR) is 115 cm³/mol. The highest BCUT2D eigenvalue weighted by atomic mass is 16.5. The number of fused-ring (bicyclic) bond motifs is 2. The highest BCUT2D eigenvalue weighted by Crippen LogP contribution is 2.52. The average Bonchev–Trinajstić information content (AvgIpc) is 2.78. The van der Waals surface area contributed by atoms with Crippen molar-refractivity contribution in [1.29, 1.82) is 0 Å². The molecule has 0 aliphatic heterocycles. The van der Waals surface area contributed by atoms with Crippen LogP contribution in [0.25, 0.3) is 0 Å². The van der Waals surface area contributed by atoms with Crippen molar-refractivity contribution in [1.82, 2.24) is 0 Å². The molecule has 0 heterocycles. The van der Waals surface area contributed by atoms with Gasteiger partial charge < -0.3 is 18.9 Å². The Morgan fingerprint density at radius 2 is 0.931 bits per heavy atom. The summed E-state index contributed by atoms with van der Waals surface area (Å²) in [4.78, 5) is 0. The van der Waals surface area contributed by atoms with Crippen LogP contribution in [0, 0.1) is 35.5 Å². The van der Waals surface area contributed by atoms with Gasteiger partial charge in [-0.2, -0.15) is 0 Å². The second-order valence-electron chi connectivity index (χ2n) is 10.5. The van der Waals surface area contributed by atoms with Crippen LogP contribution < -0.4 is 0 Å². The second-order valence-corrected chi connectivity index (χ2v) is 10.5. The van der Waals surface area contributed by atoms with Gasteiger partial charge in [0.15, 0.2) is 0 Å². The topological polar surface area (TPSA) is 36.9 Å². The maximum Gasteiger partial charge on any atom is 0.0602 e. The molecule has 29 heavy (non-hydrogen) atoms. The van der Waals surface area contributed by atoms with Crippen molar-refractivity contribution < 1.29 is 18.9 Å². The monoisotopic (exact) mass is 408 g/mol. The van der Waals surface area contributed by atoms with Crippen molar-refractivity contribution in [3.63, 3.8) is 0 Å². The Balaban J connectivity index is 1.55. The lowest BCUT2D eigenvalue weighted by Gasteiger charge is -2.52. The third-order valence-electron chi connectivity index (χ3n) is 9.52. The van der Waals surface area contributed by atoms with E-state index in [-0.39, 0.29) is 0 Å². The van der Waals surface area contributed by atoms with Gasteiger partial charge in [0, 0.05) is 28.4 Å². The Morgan fingerprint density at radius 3 is 1.31 bits per heavy atom. The molecule has 10 unspecified atom stereocenters. The lowest BCUT2D eigenvalue weighted by molar-refractivity contribution is -0.112. The second kappa shape index (κ2) is 9.97. The summed E-state index contributed by atoms with van der Waals surface area (Å²) in [5.41, 5.74) is 0. The van der Waals surface area contributed by atoms with Gasteiger partial charge in [0.05, 0.1) is 24.4 Å². The fourth-order valence-corrected chi connectivity index (χ4v) is 7.94. The fraction of sp³-hybridized carbons (Fsp3) is 1.00. The summed E-state index contributed by atoms with van der Waals surface area (Å²) in [7, 11) is 7.67. The molecule has 0 aromatic heterocycles. The van der Waals surface area contributed by atoms with Gasteiger partial charge in [-0.15, -0.1) is 0 Å². The number of methoxy groups -OCH3 is 4. The van der Waals surface area contributed by atoms with Gasteiger partial charge in [-0.25, -0.2) is 0 Å². The van der Waals surface area contributed by atoms with Crippen LogP contribution in [0.2, 0.25) is 0 Å². The molecule has 0 aromatic rings. The van der Waals surface area contributed by atoms with Gasteiger partial charge in [0.2, 0.25) is 0 Å². The van der Waals surface area contributed by atoms with Crippen LogP contribution in [0.5, 0.6) is 0 Å². The molecule has 4 aliphatic carbocycles. The SMILES string of the molecule is COC1CCC2CCC(OC)C(CC3C(OC)CCC4CCC(OC)CC43)C2C1. The minimum absolute atomic E-state index is 0.409. The lowest BCUT2D eigenvalue weighted by Crippen LogP contribution is -2.49. The van der Waals surface area contributed by atoms with Crippen LogP contribution in [0.1, 0.15) is 70.6 Å². The minimum Gasteiger partial charge on any atom is -0.381 e. The molecular weight excluding hydrogens is 364 g/mol. The van der Waals surface area contributed by atoms with E-state index in [1.54, 1.807) is 0 Å². The Labute approximate surface area is 178 Å². The summed E-state index contributed by atoms with van der Waals surface area (Å²) in [6.45, 7) is 0. The molecule has 0 radical (unpaired) electrons. The highest BCUT2D eigenvalue weighted by Gasteiger charge is 2.48. The Kier molecular flexibility index (Phi) is 7.58. The number of ether oxygens (including phenoxy) is 4.